The molecule has 0 aromatic heterocycles. The van der Waals surface area contributed by atoms with Crippen LogP contribution in [0.5, 0.6) is 0 Å². The van der Waals surface area contributed by atoms with E-state index in [-0.39, 0.29) is 48.8 Å². The van der Waals surface area contributed by atoms with Crippen molar-refractivity contribution in [1.82, 2.24) is 0 Å². The van der Waals surface area contributed by atoms with E-state index in [1.54, 1.807) is 13.8 Å². The first-order valence-corrected chi connectivity index (χ1v) is 11.8. The quantitative estimate of drug-likeness (QED) is 0.456. The predicted molar refractivity (Wildman–Crippen MR) is 128 cm³/mol. The largest absolute Gasteiger partial charge is 0.463 e. The summed E-state index contributed by atoms with van der Waals surface area (Å²) in [7, 11) is 0. The van der Waals surface area contributed by atoms with Crippen LogP contribution in [0.25, 0.3) is 10.8 Å². The molecule has 4 heteroatoms. The second-order valence-electron chi connectivity index (χ2n) is 8.75. The Morgan fingerprint density at radius 2 is 1.30 bits per heavy atom. The van der Waals surface area contributed by atoms with Crippen LogP contribution < -0.4 is 0 Å². The van der Waals surface area contributed by atoms with Crippen LogP contribution in [-0.4, -0.2) is 25.2 Å². The number of ether oxygens (including phenoxy) is 2. The van der Waals surface area contributed by atoms with Crippen LogP contribution in [-0.2, 0) is 19.1 Å². The monoisotopic (exact) mass is 440 g/mol. The Kier molecular flexibility index (Phi) is 5.76. The Morgan fingerprint density at radius 1 is 0.727 bits per heavy atom. The fourth-order valence-corrected chi connectivity index (χ4v) is 6.07. The van der Waals surface area contributed by atoms with Gasteiger partial charge in [0.1, 0.15) is 0 Å². The van der Waals surface area contributed by atoms with E-state index in [0.29, 0.717) is 11.1 Å². The van der Waals surface area contributed by atoms with E-state index in [9.17, 15) is 9.59 Å². The first-order chi connectivity index (χ1) is 16.2. The van der Waals surface area contributed by atoms with Crippen LogP contribution in [0.15, 0.2) is 83.9 Å². The minimum absolute atomic E-state index is 0.0704. The zero-order chi connectivity index (χ0) is 22.9. The average molecular weight is 441 g/mol. The molecule has 1 fully saturated rings. The summed E-state index contributed by atoms with van der Waals surface area (Å²) in [6, 6.07) is 25.1. The first kappa shape index (κ1) is 21.4. The Morgan fingerprint density at radius 3 is 1.97 bits per heavy atom. The third-order valence-corrected chi connectivity index (χ3v) is 7.15. The van der Waals surface area contributed by atoms with Crippen LogP contribution in [0.1, 0.15) is 43.2 Å². The molecule has 2 aliphatic rings. The number of carbonyl (C=O) groups excluding carboxylic acids is 2. The maximum absolute atomic E-state index is 13.2. The summed E-state index contributed by atoms with van der Waals surface area (Å²) < 4.78 is 10.9. The molecule has 2 bridgehead atoms. The van der Waals surface area contributed by atoms with Gasteiger partial charge in [0, 0.05) is 0 Å². The molecule has 0 heterocycles. The highest BCUT2D eigenvalue weighted by atomic mass is 16.5. The zero-order valence-electron chi connectivity index (χ0n) is 19.0. The van der Waals surface area contributed by atoms with Crippen molar-refractivity contribution in [3.63, 3.8) is 0 Å². The molecule has 0 aliphatic heterocycles. The first-order valence-electron chi connectivity index (χ1n) is 11.8. The molecule has 168 valence electrons. The van der Waals surface area contributed by atoms with Crippen molar-refractivity contribution in [2.45, 2.75) is 32.1 Å². The van der Waals surface area contributed by atoms with E-state index in [2.05, 4.69) is 48.5 Å². The molecular weight excluding hydrogens is 412 g/mol. The van der Waals surface area contributed by atoms with Crippen LogP contribution in [0, 0.1) is 11.8 Å². The topological polar surface area (TPSA) is 52.6 Å². The fraction of sp³-hybridized carbons (Fsp3) is 0.310. The van der Waals surface area contributed by atoms with Crippen LogP contribution in [0.3, 0.4) is 0 Å². The highest BCUT2D eigenvalue weighted by Crippen LogP contribution is 2.63. The van der Waals surface area contributed by atoms with E-state index in [1.165, 1.54) is 21.9 Å². The van der Waals surface area contributed by atoms with Crippen molar-refractivity contribution in [2.75, 3.05) is 13.2 Å². The van der Waals surface area contributed by atoms with Gasteiger partial charge in [-0.3, -0.25) is 0 Å². The molecule has 3 aromatic rings. The van der Waals surface area contributed by atoms with Gasteiger partial charge in [-0.25, -0.2) is 9.59 Å². The van der Waals surface area contributed by atoms with Gasteiger partial charge in [0.2, 0.25) is 0 Å². The lowest BCUT2D eigenvalue weighted by Gasteiger charge is -2.34. The van der Waals surface area contributed by atoms with Gasteiger partial charge < -0.3 is 9.47 Å². The molecule has 33 heavy (non-hydrogen) atoms. The lowest BCUT2D eigenvalue weighted by atomic mass is 9.69. The summed E-state index contributed by atoms with van der Waals surface area (Å²) in [6.07, 6.45) is 0.746. The Bertz CT molecular complexity index is 1220. The Labute approximate surface area is 194 Å². The van der Waals surface area contributed by atoms with Crippen LogP contribution in [0.4, 0.5) is 0 Å². The second-order valence-corrected chi connectivity index (χ2v) is 8.75. The maximum Gasteiger partial charge on any atom is 0.334 e. The summed E-state index contributed by atoms with van der Waals surface area (Å²) in [4.78, 5) is 26.2. The summed E-state index contributed by atoms with van der Waals surface area (Å²) in [6.45, 7) is 4.14. The van der Waals surface area contributed by atoms with Gasteiger partial charge >= 0.3 is 11.9 Å². The molecule has 0 radical (unpaired) electrons. The van der Waals surface area contributed by atoms with Gasteiger partial charge in [0.15, 0.2) is 0 Å². The maximum atomic E-state index is 13.2. The number of fused-ring (bicyclic) bond motifs is 3. The van der Waals surface area contributed by atoms with Gasteiger partial charge in [-0.2, -0.15) is 0 Å². The SMILES string of the molecule is CCOC(=O)C1=C(C(=O)OCC)C2CC1C(c1ccccc1)C2c1cccc2ccccc12. The minimum atomic E-state index is -0.384. The summed E-state index contributed by atoms with van der Waals surface area (Å²) >= 11 is 0. The average Bonchev–Trinajstić information content (AvgIpc) is 3.41. The lowest BCUT2D eigenvalue weighted by Crippen LogP contribution is -2.29. The fourth-order valence-electron chi connectivity index (χ4n) is 6.07. The molecule has 3 aromatic carbocycles. The third-order valence-electron chi connectivity index (χ3n) is 7.15. The predicted octanol–water partition coefficient (Wildman–Crippen LogP) is 5.78. The molecule has 0 amide bonds. The van der Waals surface area contributed by atoms with Crippen molar-refractivity contribution < 1.29 is 19.1 Å². The van der Waals surface area contributed by atoms with E-state index in [4.69, 9.17) is 9.47 Å². The third kappa shape index (κ3) is 3.54. The van der Waals surface area contributed by atoms with Crippen molar-refractivity contribution in [3.8, 4) is 0 Å². The number of carbonyl (C=O) groups is 2. The molecule has 5 rings (SSSR count). The summed E-state index contributed by atoms with van der Waals surface area (Å²) in [5.41, 5.74) is 3.45. The summed E-state index contributed by atoms with van der Waals surface area (Å²) in [5.74, 6) is -0.792. The van der Waals surface area contributed by atoms with E-state index < -0.39 is 0 Å². The molecular formula is C29H28O4. The van der Waals surface area contributed by atoms with Gasteiger partial charge in [-0.05, 0) is 65.8 Å². The van der Waals surface area contributed by atoms with Gasteiger partial charge in [0.05, 0.1) is 24.4 Å². The molecule has 2 aliphatic carbocycles. The second kappa shape index (κ2) is 8.86. The van der Waals surface area contributed by atoms with Crippen molar-refractivity contribution in [2.24, 2.45) is 11.8 Å². The van der Waals surface area contributed by atoms with E-state index >= 15 is 0 Å². The normalized spacial score (nSPS) is 23.7. The minimum Gasteiger partial charge on any atom is -0.463 e. The van der Waals surface area contributed by atoms with Crippen molar-refractivity contribution >= 4 is 22.7 Å². The smallest absolute Gasteiger partial charge is 0.334 e. The molecule has 0 saturated heterocycles. The number of benzene rings is 3. The Balaban J connectivity index is 1.73. The highest BCUT2D eigenvalue weighted by molar-refractivity contribution is 6.03. The number of rotatable bonds is 6. The van der Waals surface area contributed by atoms with Crippen LogP contribution in [0.2, 0.25) is 0 Å². The molecule has 1 saturated carbocycles. The summed E-state index contributed by atoms with van der Waals surface area (Å²) in [5, 5.41) is 2.37. The number of hydrogen-bond donors (Lipinski definition) is 0. The van der Waals surface area contributed by atoms with Gasteiger partial charge in [0.25, 0.3) is 0 Å². The van der Waals surface area contributed by atoms with E-state index in [1.807, 2.05) is 24.3 Å². The highest BCUT2D eigenvalue weighted by Gasteiger charge is 2.57. The van der Waals surface area contributed by atoms with Crippen molar-refractivity contribution in [1.29, 1.82) is 0 Å². The van der Waals surface area contributed by atoms with Gasteiger partial charge in [-0.15, -0.1) is 0 Å². The van der Waals surface area contributed by atoms with Gasteiger partial charge in [-0.1, -0.05) is 72.8 Å². The molecule has 4 atom stereocenters. The molecule has 4 unspecified atom stereocenters. The molecule has 0 N–H and O–H groups in total. The Hall–Kier alpha value is -3.40. The number of esters is 2. The lowest BCUT2D eigenvalue weighted by molar-refractivity contribution is -0.142. The molecule has 4 nitrogen and oxygen atoms in total. The van der Waals surface area contributed by atoms with Crippen molar-refractivity contribution in [3.05, 3.63) is 95.1 Å². The standard InChI is InChI=1S/C29H28O4/c1-3-32-28(30)26-22-17-23(27(26)29(31)33-4-2)25(24(22)19-12-6-5-7-13-19)21-16-10-14-18-11-8-9-15-20(18)21/h5-16,22-25H,3-4,17H2,1-2H3. The zero-order valence-corrected chi connectivity index (χ0v) is 19.0. The molecule has 0 spiro atoms. The van der Waals surface area contributed by atoms with Crippen LogP contribution >= 0.6 is 0 Å². The van der Waals surface area contributed by atoms with E-state index in [0.717, 1.165) is 6.42 Å². The number of hydrogen-bond acceptors (Lipinski definition) is 4.